The van der Waals surface area contributed by atoms with E-state index in [4.69, 9.17) is 26.1 Å². The minimum absolute atomic E-state index is 0.0890. The van der Waals surface area contributed by atoms with E-state index in [1.807, 2.05) is 41.8 Å². The molecule has 0 bridgehead atoms. The van der Waals surface area contributed by atoms with Crippen LogP contribution in [0.3, 0.4) is 0 Å². The number of rotatable bonds is 8. The van der Waals surface area contributed by atoms with Crippen LogP contribution in [-0.4, -0.2) is 75.1 Å². The topological polar surface area (TPSA) is 115 Å². The first-order valence-corrected chi connectivity index (χ1v) is 13.5. The van der Waals surface area contributed by atoms with Crippen LogP contribution in [0, 0.1) is 5.92 Å². The van der Waals surface area contributed by atoms with E-state index >= 15 is 0 Å². The van der Waals surface area contributed by atoms with Gasteiger partial charge in [0.15, 0.2) is 11.5 Å². The summed E-state index contributed by atoms with van der Waals surface area (Å²) in [6, 6.07) is 7.04. The molecule has 12 heteroatoms. The lowest BCUT2D eigenvalue weighted by molar-refractivity contribution is -0.133. The monoisotopic (exact) mass is 553 g/mol. The van der Waals surface area contributed by atoms with Crippen LogP contribution in [0.25, 0.3) is 5.95 Å². The summed E-state index contributed by atoms with van der Waals surface area (Å²) in [4.78, 5) is 43.0. The van der Waals surface area contributed by atoms with Crippen molar-refractivity contribution in [2.75, 3.05) is 37.7 Å². The number of amides is 2. The summed E-state index contributed by atoms with van der Waals surface area (Å²) in [6.07, 6.45) is 5.62. The Balaban J connectivity index is 1.32. The van der Waals surface area contributed by atoms with Gasteiger partial charge in [0.2, 0.25) is 17.8 Å². The van der Waals surface area contributed by atoms with Gasteiger partial charge >= 0.3 is 0 Å². The molecule has 1 saturated heterocycles. The lowest BCUT2D eigenvalue weighted by Crippen LogP contribution is -2.56. The van der Waals surface area contributed by atoms with Gasteiger partial charge in [-0.25, -0.2) is 9.97 Å². The Kier molecular flexibility index (Phi) is 8.16. The van der Waals surface area contributed by atoms with Crippen molar-refractivity contribution in [1.29, 1.82) is 0 Å². The number of imidazole rings is 1. The molecule has 2 aliphatic rings. The van der Waals surface area contributed by atoms with Crippen LogP contribution in [0.1, 0.15) is 32.3 Å². The third-order valence-corrected chi connectivity index (χ3v) is 6.83. The van der Waals surface area contributed by atoms with E-state index < -0.39 is 0 Å². The molecule has 1 N–H and O–H groups in total. The smallest absolute Gasteiger partial charge is 0.238 e. The number of nitrogens with one attached hydrogen (secondary N) is 1. The van der Waals surface area contributed by atoms with E-state index in [9.17, 15) is 9.59 Å². The molecule has 1 aromatic carbocycles. The van der Waals surface area contributed by atoms with Crippen molar-refractivity contribution in [2.24, 2.45) is 5.92 Å². The van der Waals surface area contributed by atoms with Crippen LogP contribution in [0.4, 0.5) is 5.82 Å². The molecule has 1 unspecified atom stereocenters. The molecule has 2 aromatic heterocycles. The zero-order valence-electron chi connectivity index (χ0n) is 22.0. The van der Waals surface area contributed by atoms with Crippen molar-refractivity contribution in [3.63, 3.8) is 0 Å². The highest BCUT2D eigenvalue weighted by atomic mass is 35.5. The fraction of sp³-hybridized carbons (Fsp3) is 0.444. The van der Waals surface area contributed by atoms with Crippen LogP contribution in [-0.2, 0) is 16.1 Å². The van der Waals surface area contributed by atoms with Gasteiger partial charge in [-0.2, -0.15) is 4.98 Å². The molecule has 206 valence electrons. The summed E-state index contributed by atoms with van der Waals surface area (Å²) in [5, 5.41) is 3.29. The van der Waals surface area contributed by atoms with Crippen molar-refractivity contribution in [3.8, 4) is 17.4 Å². The van der Waals surface area contributed by atoms with Crippen LogP contribution in [0.15, 0.2) is 43.0 Å². The Bertz CT molecular complexity index is 1320. The molecule has 2 amide bonds. The molecule has 3 aromatic rings. The lowest BCUT2D eigenvalue weighted by atomic mass is 10.0. The summed E-state index contributed by atoms with van der Waals surface area (Å²) in [5.74, 6) is 2.58. The highest BCUT2D eigenvalue weighted by Gasteiger charge is 2.32. The van der Waals surface area contributed by atoms with E-state index in [1.165, 1.54) is 0 Å². The zero-order chi connectivity index (χ0) is 27.4. The maximum absolute atomic E-state index is 13.2. The van der Waals surface area contributed by atoms with E-state index in [2.05, 4.69) is 15.3 Å². The standard InChI is InChI=1S/C27H32ClN7O4/c1-18(2)11-26(37)33-7-8-35(24-14-23(28)31-27(32-24)34-6-5-29-17-34)20(16-33)13-25(36)30-15-19-3-4-21-22(12-19)39-10-9-38-21/h3-6,12,14,17-18,20H,7-11,13,15-16H2,1-2H3,(H,30,36). The average molecular weight is 554 g/mol. The number of anilines is 1. The first-order valence-electron chi connectivity index (χ1n) is 13.1. The summed E-state index contributed by atoms with van der Waals surface area (Å²) in [7, 11) is 0. The van der Waals surface area contributed by atoms with Crippen LogP contribution in [0.5, 0.6) is 11.5 Å². The Hall–Kier alpha value is -3.86. The van der Waals surface area contributed by atoms with Crippen molar-refractivity contribution >= 4 is 29.2 Å². The maximum atomic E-state index is 13.2. The Morgan fingerprint density at radius 1 is 1.13 bits per heavy atom. The molecule has 4 heterocycles. The van der Waals surface area contributed by atoms with Gasteiger partial charge in [0.1, 0.15) is 30.5 Å². The molecule has 5 rings (SSSR count). The largest absolute Gasteiger partial charge is 0.486 e. The van der Waals surface area contributed by atoms with Gasteiger partial charge in [0.05, 0.1) is 6.04 Å². The van der Waals surface area contributed by atoms with Crippen LogP contribution >= 0.6 is 11.6 Å². The number of aromatic nitrogens is 4. The predicted octanol–water partition coefficient (Wildman–Crippen LogP) is 2.86. The highest BCUT2D eigenvalue weighted by Crippen LogP contribution is 2.31. The number of piperazine rings is 1. The number of carbonyl (C=O) groups excluding carboxylic acids is 2. The summed E-state index contributed by atoms with van der Waals surface area (Å²) in [5.41, 5.74) is 0.911. The maximum Gasteiger partial charge on any atom is 0.238 e. The molecule has 0 aliphatic carbocycles. The fourth-order valence-corrected chi connectivity index (χ4v) is 4.93. The Morgan fingerprint density at radius 3 is 2.72 bits per heavy atom. The zero-order valence-corrected chi connectivity index (χ0v) is 22.8. The lowest BCUT2D eigenvalue weighted by Gasteiger charge is -2.42. The number of hydrogen-bond acceptors (Lipinski definition) is 8. The van der Waals surface area contributed by atoms with Gasteiger partial charge in [-0.1, -0.05) is 31.5 Å². The molecule has 39 heavy (non-hydrogen) atoms. The number of benzene rings is 1. The second-order valence-corrected chi connectivity index (χ2v) is 10.4. The molecule has 1 fully saturated rings. The number of hydrogen-bond donors (Lipinski definition) is 1. The third-order valence-electron chi connectivity index (χ3n) is 6.63. The van der Waals surface area contributed by atoms with Crippen molar-refractivity contribution in [3.05, 3.63) is 53.7 Å². The van der Waals surface area contributed by atoms with Gasteiger partial charge in [0, 0.05) is 57.5 Å². The van der Waals surface area contributed by atoms with Crippen molar-refractivity contribution in [1.82, 2.24) is 29.7 Å². The summed E-state index contributed by atoms with van der Waals surface area (Å²) >= 11 is 6.37. The van der Waals surface area contributed by atoms with Gasteiger partial charge in [-0.15, -0.1) is 0 Å². The first kappa shape index (κ1) is 26.7. The van der Waals surface area contributed by atoms with Crippen LogP contribution in [0.2, 0.25) is 5.15 Å². The van der Waals surface area contributed by atoms with Crippen LogP contribution < -0.4 is 19.7 Å². The second kappa shape index (κ2) is 11.9. The van der Waals surface area contributed by atoms with Crippen molar-refractivity contribution < 1.29 is 19.1 Å². The van der Waals surface area contributed by atoms with E-state index in [1.54, 1.807) is 29.4 Å². The number of halogens is 1. The summed E-state index contributed by atoms with van der Waals surface area (Å²) in [6.45, 7) is 6.88. The highest BCUT2D eigenvalue weighted by molar-refractivity contribution is 6.29. The molecule has 2 aliphatic heterocycles. The Morgan fingerprint density at radius 2 is 1.95 bits per heavy atom. The number of ether oxygens (including phenoxy) is 2. The number of carbonyl (C=O) groups is 2. The Labute approximate surface area is 232 Å². The van der Waals surface area contributed by atoms with E-state index in [0.29, 0.717) is 69.1 Å². The van der Waals surface area contributed by atoms with E-state index in [-0.39, 0.29) is 35.3 Å². The second-order valence-electron chi connectivity index (χ2n) is 10.1. The molecule has 1 atom stereocenters. The predicted molar refractivity (Wildman–Crippen MR) is 145 cm³/mol. The normalized spacial score (nSPS) is 16.9. The first-order chi connectivity index (χ1) is 18.9. The van der Waals surface area contributed by atoms with Gasteiger partial charge < -0.3 is 24.6 Å². The quantitative estimate of drug-likeness (QED) is 0.424. The minimum Gasteiger partial charge on any atom is -0.486 e. The molecule has 11 nitrogen and oxygen atoms in total. The molecule has 0 radical (unpaired) electrons. The van der Waals surface area contributed by atoms with Gasteiger partial charge in [-0.05, 0) is 23.6 Å². The summed E-state index contributed by atoms with van der Waals surface area (Å²) < 4.78 is 12.9. The van der Waals surface area contributed by atoms with Gasteiger partial charge in [0.25, 0.3) is 0 Å². The van der Waals surface area contributed by atoms with E-state index in [0.717, 1.165) is 5.56 Å². The molecular weight excluding hydrogens is 522 g/mol. The minimum atomic E-state index is -0.295. The van der Waals surface area contributed by atoms with Crippen molar-refractivity contribution in [2.45, 2.75) is 39.3 Å². The SMILES string of the molecule is CC(C)CC(=O)N1CCN(c2cc(Cl)nc(-n3ccnc3)n2)C(CC(=O)NCc2ccc3c(c2)OCCO3)C1. The average Bonchev–Trinajstić information content (AvgIpc) is 3.46. The third kappa shape index (κ3) is 6.59. The molecule has 0 spiro atoms. The molecule has 0 saturated carbocycles. The van der Waals surface area contributed by atoms with Gasteiger partial charge in [-0.3, -0.25) is 14.2 Å². The fourth-order valence-electron chi connectivity index (χ4n) is 4.76. The number of nitrogens with zero attached hydrogens (tertiary/aromatic N) is 6. The number of fused-ring (bicyclic) bond motifs is 1. The molecular formula is C27H32ClN7O4.